The highest BCUT2D eigenvalue weighted by atomic mass is 32.2. The van der Waals surface area contributed by atoms with E-state index in [1.165, 1.54) is 17.4 Å². The maximum atomic E-state index is 11.4. The molecular weight excluding hydrogens is 234 g/mol. The lowest BCUT2D eigenvalue weighted by Gasteiger charge is -1.99. The minimum absolute atomic E-state index is 0.106. The second-order valence-corrected chi connectivity index (χ2v) is 6.17. The third kappa shape index (κ3) is 2.75. The van der Waals surface area contributed by atoms with Crippen molar-refractivity contribution in [3.05, 3.63) is 17.7 Å². The number of rotatable bonds is 5. The summed E-state index contributed by atoms with van der Waals surface area (Å²) in [7, 11) is -3.34. The SMILES string of the molecule is C=CCS(=O)(=O)Nc1nnc(C2CC2)s1. The van der Waals surface area contributed by atoms with Crippen LogP contribution in [-0.2, 0) is 10.0 Å². The van der Waals surface area contributed by atoms with Crippen LogP contribution < -0.4 is 4.72 Å². The molecule has 0 saturated heterocycles. The summed E-state index contributed by atoms with van der Waals surface area (Å²) in [6.07, 6.45) is 3.60. The van der Waals surface area contributed by atoms with Crippen molar-refractivity contribution in [2.24, 2.45) is 0 Å². The summed E-state index contributed by atoms with van der Waals surface area (Å²) in [4.78, 5) is 0. The molecule has 1 aromatic rings. The first-order chi connectivity index (χ1) is 7.11. The third-order valence-corrected chi connectivity index (χ3v) is 4.26. The van der Waals surface area contributed by atoms with Crippen molar-refractivity contribution in [2.45, 2.75) is 18.8 Å². The Morgan fingerprint density at radius 1 is 1.53 bits per heavy atom. The molecular formula is C8H11N3O2S2. The standard InChI is InChI=1S/C8H11N3O2S2/c1-2-5-15(12,13)11-8-10-9-7(14-8)6-3-4-6/h2,6H,1,3-5H2,(H,10,11). The van der Waals surface area contributed by atoms with E-state index in [9.17, 15) is 8.42 Å². The summed E-state index contributed by atoms with van der Waals surface area (Å²) >= 11 is 1.31. The lowest BCUT2D eigenvalue weighted by Crippen LogP contribution is -2.14. The second kappa shape index (κ2) is 3.90. The highest BCUT2D eigenvalue weighted by Crippen LogP contribution is 2.42. The summed E-state index contributed by atoms with van der Waals surface area (Å²) in [5.41, 5.74) is 0. The Labute approximate surface area is 92.3 Å². The molecule has 1 aliphatic carbocycles. The van der Waals surface area contributed by atoms with Gasteiger partial charge in [-0.1, -0.05) is 17.4 Å². The van der Waals surface area contributed by atoms with Crippen LogP contribution in [0.15, 0.2) is 12.7 Å². The van der Waals surface area contributed by atoms with Crippen LogP contribution in [0, 0.1) is 0 Å². The van der Waals surface area contributed by atoms with E-state index in [4.69, 9.17) is 0 Å². The normalized spacial score (nSPS) is 16.3. The minimum Gasteiger partial charge on any atom is -0.257 e. The van der Waals surface area contributed by atoms with Crippen LogP contribution in [0.3, 0.4) is 0 Å². The van der Waals surface area contributed by atoms with E-state index in [0.717, 1.165) is 17.8 Å². The molecule has 5 nitrogen and oxygen atoms in total. The Morgan fingerprint density at radius 3 is 2.87 bits per heavy atom. The molecule has 0 aromatic carbocycles. The van der Waals surface area contributed by atoms with Gasteiger partial charge in [-0.2, -0.15) is 0 Å². The molecule has 1 aliphatic rings. The van der Waals surface area contributed by atoms with Crippen molar-refractivity contribution in [3.8, 4) is 0 Å². The van der Waals surface area contributed by atoms with Crippen molar-refractivity contribution in [1.82, 2.24) is 10.2 Å². The highest BCUT2D eigenvalue weighted by molar-refractivity contribution is 7.93. The molecule has 2 rings (SSSR count). The molecule has 1 N–H and O–H groups in total. The van der Waals surface area contributed by atoms with E-state index in [1.54, 1.807) is 0 Å². The summed E-state index contributed by atoms with van der Waals surface area (Å²) in [5, 5.41) is 9.00. The molecule has 0 amide bonds. The molecule has 1 fully saturated rings. The topological polar surface area (TPSA) is 72.0 Å². The van der Waals surface area contributed by atoms with Crippen LogP contribution in [0.2, 0.25) is 0 Å². The predicted octanol–water partition coefficient (Wildman–Crippen LogP) is 1.34. The van der Waals surface area contributed by atoms with Crippen molar-refractivity contribution >= 4 is 26.5 Å². The molecule has 1 saturated carbocycles. The lowest BCUT2D eigenvalue weighted by atomic mass is 10.5. The molecule has 0 spiro atoms. The van der Waals surface area contributed by atoms with E-state index < -0.39 is 10.0 Å². The highest BCUT2D eigenvalue weighted by Gasteiger charge is 2.28. The maximum absolute atomic E-state index is 11.4. The average molecular weight is 245 g/mol. The zero-order chi connectivity index (χ0) is 10.9. The van der Waals surface area contributed by atoms with Gasteiger partial charge in [0.2, 0.25) is 15.2 Å². The van der Waals surface area contributed by atoms with E-state index >= 15 is 0 Å². The maximum Gasteiger partial charge on any atom is 0.238 e. The summed E-state index contributed by atoms with van der Waals surface area (Å²) in [5.74, 6) is 0.394. The van der Waals surface area contributed by atoms with E-state index in [-0.39, 0.29) is 5.75 Å². The molecule has 15 heavy (non-hydrogen) atoms. The van der Waals surface area contributed by atoms with Crippen LogP contribution in [0.4, 0.5) is 5.13 Å². The number of hydrogen-bond donors (Lipinski definition) is 1. The second-order valence-electron chi connectivity index (χ2n) is 3.39. The van der Waals surface area contributed by atoms with Gasteiger partial charge in [0, 0.05) is 5.92 Å². The van der Waals surface area contributed by atoms with Crippen molar-refractivity contribution < 1.29 is 8.42 Å². The van der Waals surface area contributed by atoms with Crippen LogP contribution >= 0.6 is 11.3 Å². The van der Waals surface area contributed by atoms with Crippen LogP contribution in [0.1, 0.15) is 23.8 Å². The molecule has 0 unspecified atom stereocenters. The first kappa shape index (κ1) is 10.6. The van der Waals surface area contributed by atoms with E-state index in [2.05, 4.69) is 21.5 Å². The average Bonchev–Trinajstić information content (AvgIpc) is 2.88. The number of anilines is 1. The lowest BCUT2D eigenvalue weighted by molar-refractivity contribution is 0.604. The summed E-state index contributed by atoms with van der Waals surface area (Å²) in [6.45, 7) is 3.38. The van der Waals surface area contributed by atoms with Gasteiger partial charge in [-0.05, 0) is 12.8 Å². The Balaban J connectivity index is 2.06. The van der Waals surface area contributed by atoms with Gasteiger partial charge in [0.05, 0.1) is 5.75 Å². The molecule has 82 valence electrons. The minimum atomic E-state index is -3.34. The van der Waals surface area contributed by atoms with Gasteiger partial charge in [-0.25, -0.2) is 8.42 Å². The number of aromatic nitrogens is 2. The van der Waals surface area contributed by atoms with Gasteiger partial charge in [0.1, 0.15) is 5.01 Å². The fraction of sp³-hybridized carbons (Fsp3) is 0.500. The van der Waals surface area contributed by atoms with Gasteiger partial charge >= 0.3 is 0 Å². The van der Waals surface area contributed by atoms with Crippen LogP contribution in [-0.4, -0.2) is 24.4 Å². The first-order valence-electron chi connectivity index (χ1n) is 4.55. The zero-order valence-corrected chi connectivity index (χ0v) is 9.64. The van der Waals surface area contributed by atoms with Crippen LogP contribution in [0.25, 0.3) is 0 Å². The number of sulfonamides is 1. The molecule has 1 heterocycles. The predicted molar refractivity (Wildman–Crippen MR) is 59.5 cm³/mol. The zero-order valence-electron chi connectivity index (χ0n) is 8.01. The van der Waals surface area contributed by atoms with Crippen molar-refractivity contribution in [2.75, 3.05) is 10.5 Å². The van der Waals surface area contributed by atoms with Gasteiger partial charge in [0.15, 0.2) is 0 Å². The molecule has 0 aliphatic heterocycles. The largest absolute Gasteiger partial charge is 0.257 e. The van der Waals surface area contributed by atoms with E-state index in [1.807, 2.05) is 0 Å². The van der Waals surface area contributed by atoms with Gasteiger partial charge < -0.3 is 0 Å². The smallest absolute Gasteiger partial charge is 0.238 e. The Kier molecular flexibility index (Phi) is 2.74. The summed E-state index contributed by atoms with van der Waals surface area (Å²) < 4.78 is 25.1. The molecule has 0 radical (unpaired) electrons. The number of nitrogens with one attached hydrogen (secondary N) is 1. The number of nitrogens with zero attached hydrogens (tertiary/aromatic N) is 2. The van der Waals surface area contributed by atoms with Crippen LogP contribution in [0.5, 0.6) is 0 Å². The molecule has 7 heteroatoms. The fourth-order valence-corrected chi connectivity index (χ4v) is 3.11. The van der Waals surface area contributed by atoms with E-state index in [0.29, 0.717) is 11.0 Å². The monoisotopic (exact) mass is 245 g/mol. The fourth-order valence-electron chi connectivity index (χ4n) is 1.10. The Morgan fingerprint density at radius 2 is 2.27 bits per heavy atom. The van der Waals surface area contributed by atoms with Gasteiger partial charge in [-0.3, -0.25) is 4.72 Å². The van der Waals surface area contributed by atoms with Gasteiger partial charge in [0.25, 0.3) is 0 Å². The summed E-state index contributed by atoms with van der Waals surface area (Å²) in [6, 6.07) is 0. The third-order valence-electron chi connectivity index (χ3n) is 1.95. The Hall–Kier alpha value is -0.950. The van der Waals surface area contributed by atoms with Crippen molar-refractivity contribution in [1.29, 1.82) is 0 Å². The molecule has 1 aromatic heterocycles. The first-order valence-corrected chi connectivity index (χ1v) is 7.02. The molecule has 0 atom stereocenters. The Bertz CT molecular complexity index is 462. The quantitative estimate of drug-likeness (QED) is 0.795. The number of hydrogen-bond acceptors (Lipinski definition) is 5. The van der Waals surface area contributed by atoms with Crippen molar-refractivity contribution in [3.63, 3.8) is 0 Å². The van der Waals surface area contributed by atoms with Gasteiger partial charge in [-0.15, -0.1) is 16.8 Å². The molecule has 0 bridgehead atoms.